The third-order valence-corrected chi connectivity index (χ3v) is 4.13. The zero-order valence-corrected chi connectivity index (χ0v) is 14.4. The van der Waals surface area contributed by atoms with Gasteiger partial charge >= 0.3 is 6.03 Å². The Kier molecular flexibility index (Phi) is 6.93. The predicted octanol–water partition coefficient (Wildman–Crippen LogP) is 3.15. The lowest BCUT2D eigenvalue weighted by Gasteiger charge is -2.31. The molecule has 1 saturated heterocycles. The Morgan fingerprint density at radius 2 is 2.00 bits per heavy atom. The lowest BCUT2D eigenvalue weighted by atomic mass is 9.98. The Balaban J connectivity index is 1.84. The summed E-state index contributed by atoms with van der Waals surface area (Å²) < 4.78 is 16.0. The molecule has 1 aliphatic heterocycles. The number of methoxy groups -OCH3 is 2. The van der Waals surface area contributed by atoms with Gasteiger partial charge in [-0.15, -0.1) is 6.58 Å². The molecular weight excluding hydrogens is 308 g/mol. The van der Waals surface area contributed by atoms with Gasteiger partial charge in [0.15, 0.2) is 11.5 Å². The first-order chi connectivity index (χ1) is 11.7. The molecule has 1 aliphatic rings. The SMILES string of the molecule is C=CCOCC1CCN(C(=O)Nc2ccc(OC)c(OC)c2)CC1. The molecule has 6 nitrogen and oxygen atoms in total. The van der Waals surface area contributed by atoms with Gasteiger partial charge < -0.3 is 24.4 Å². The quantitative estimate of drug-likeness (QED) is 0.615. The van der Waals surface area contributed by atoms with Gasteiger partial charge in [0.2, 0.25) is 0 Å². The first kappa shape index (κ1) is 18.1. The Bertz CT molecular complexity index is 554. The van der Waals surface area contributed by atoms with Crippen LogP contribution in [0.1, 0.15) is 12.8 Å². The fourth-order valence-corrected chi connectivity index (χ4v) is 2.74. The minimum atomic E-state index is -0.0901. The summed E-state index contributed by atoms with van der Waals surface area (Å²) in [5.41, 5.74) is 0.689. The molecule has 1 aromatic carbocycles. The number of ether oxygens (including phenoxy) is 3. The van der Waals surface area contributed by atoms with Crippen LogP contribution in [-0.4, -0.2) is 51.5 Å². The number of hydrogen-bond acceptors (Lipinski definition) is 4. The van der Waals surface area contributed by atoms with Gasteiger partial charge in [0.25, 0.3) is 0 Å². The van der Waals surface area contributed by atoms with Gasteiger partial charge in [0, 0.05) is 31.5 Å². The summed E-state index contributed by atoms with van der Waals surface area (Å²) in [7, 11) is 3.15. The van der Waals surface area contributed by atoms with E-state index in [0.29, 0.717) is 29.7 Å². The van der Waals surface area contributed by atoms with Crippen LogP contribution in [0, 0.1) is 5.92 Å². The molecule has 1 aromatic rings. The summed E-state index contributed by atoms with van der Waals surface area (Å²) in [5, 5.41) is 2.91. The second-order valence-corrected chi connectivity index (χ2v) is 5.76. The highest BCUT2D eigenvalue weighted by Gasteiger charge is 2.23. The van der Waals surface area contributed by atoms with Crippen LogP contribution in [-0.2, 0) is 4.74 Å². The third-order valence-electron chi connectivity index (χ3n) is 4.13. The second-order valence-electron chi connectivity index (χ2n) is 5.76. The van der Waals surface area contributed by atoms with E-state index in [1.165, 1.54) is 0 Å². The average Bonchev–Trinajstić information content (AvgIpc) is 2.62. The maximum atomic E-state index is 12.4. The average molecular weight is 334 g/mol. The number of piperidine rings is 1. The van der Waals surface area contributed by atoms with Crippen molar-refractivity contribution in [1.29, 1.82) is 0 Å². The number of amides is 2. The molecule has 2 amide bonds. The predicted molar refractivity (Wildman–Crippen MR) is 93.9 cm³/mol. The molecule has 1 N–H and O–H groups in total. The molecular formula is C18H26N2O4. The lowest BCUT2D eigenvalue weighted by Crippen LogP contribution is -2.41. The van der Waals surface area contributed by atoms with Crippen molar-refractivity contribution < 1.29 is 19.0 Å². The number of hydrogen-bond donors (Lipinski definition) is 1. The van der Waals surface area contributed by atoms with Crippen molar-refractivity contribution >= 4 is 11.7 Å². The van der Waals surface area contributed by atoms with E-state index in [1.54, 1.807) is 38.5 Å². The fourth-order valence-electron chi connectivity index (χ4n) is 2.74. The summed E-state index contributed by atoms with van der Waals surface area (Å²) in [6, 6.07) is 5.24. The maximum Gasteiger partial charge on any atom is 0.321 e. The van der Waals surface area contributed by atoms with E-state index in [4.69, 9.17) is 14.2 Å². The van der Waals surface area contributed by atoms with Crippen LogP contribution in [0.3, 0.4) is 0 Å². The number of likely N-dealkylation sites (tertiary alicyclic amines) is 1. The van der Waals surface area contributed by atoms with E-state index >= 15 is 0 Å². The van der Waals surface area contributed by atoms with Crippen LogP contribution in [0.25, 0.3) is 0 Å². The Labute approximate surface area is 143 Å². The molecule has 0 bridgehead atoms. The maximum absolute atomic E-state index is 12.4. The van der Waals surface area contributed by atoms with Crippen molar-refractivity contribution in [2.75, 3.05) is 45.8 Å². The fraction of sp³-hybridized carbons (Fsp3) is 0.500. The number of carbonyl (C=O) groups excluding carboxylic acids is 1. The number of nitrogens with zero attached hydrogens (tertiary/aromatic N) is 1. The standard InChI is InChI=1S/C18H26N2O4/c1-4-11-24-13-14-7-9-20(10-8-14)18(21)19-15-5-6-16(22-2)17(12-15)23-3/h4-6,12,14H,1,7-11,13H2,2-3H3,(H,19,21). The van der Waals surface area contributed by atoms with Crippen molar-refractivity contribution in [3.05, 3.63) is 30.9 Å². The number of urea groups is 1. The molecule has 0 atom stereocenters. The molecule has 0 spiro atoms. The van der Waals surface area contributed by atoms with Crippen LogP contribution in [0.2, 0.25) is 0 Å². The highest BCUT2D eigenvalue weighted by Crippen LogP contribution is 2.30. The van der Waals surface area contributed by atoms with Gasteiger partial charge in [0.05, 0.1) is 20.8 Å². The highest BCUT2D eigenvalue weighted by atomic mass is 16.5. The minimum Gasteiger partial charge on any atom is -0.493 e. The van der Waals surface area contributed by atoms with Gasteiger partial charge in [-0.3, -0.25) is 0 Å². The van der Waals surface area contributed by atoms with Crippen LogP contribution >= 0.6 is 0 Å². The molecule has 0 radical (unpaired) electrons. The largest absolute Gasteiger partial charge is 0.493 e. The molecule has 1 fully saturated rings. The third kappa shape index (κ3) is 4.89. The van der Waals surface area contributed by atoms with Gasteiger partial charge in [-0.1, -0.05) is 6.08 Å². The number of carbonyl (C=O) groups is 1. The zero-order chi connectivity index (χ0) is 17.4. The highest BCUT2D eigenvalue weighted by molar-refractivity contribution is 5.89. The first-order valence-corrected chi connectivity index (χ1v) is 8.14. The molecule has 0 saturated carbocycles. The van der Waals surface area contributed by atoms with Crippen molar-refractivity contribution in [1.82, 2.24) is 4.90 Å². The topological polar surface area (TPSA) is 60.0 Å². The molecule has 1 heterocycles. The van der Waals surface area contributed by atoms with Crippen molar-refractivity contribution in [3.8, 4) is 11.5 Å². The Morgan fingerprint density at radius 1 is 1.29 bits per heavy atom. The summed E-state index contributed by atoms with van der Waals surface area (Å²) in [6.45, 7) is 6.43. The van der Waals surface area contributed by atoms with Gasteiger partial charge in [-0.2, -0.15) is 0 Å². The Morgan fingerprint density at radius 3 is 2.62 bits per heavy atom. The van der Waals surface area contributed by atoms with E-state index in [9.17, 15) is 4.79 Å². The second kappa shape index (κ2) is 9.17. The van der Waals surface area contributed by atoms with Gasteiger partial charge in [-0.25, -0.2) is 4.79 Å². The van der Waals surface area contributed by atoms with Crippen molar-refractivity contribution in [3.63, 3.8) is 0 Å². The molecule has 0 unspecified atom stereocenters. The van der Waals surface area contributed by atoms with E-state index in [2.05, 4.69) is 11.9 Å². The lowest BCUT2D eigenvalue weighted by molar-refractivity contribution is 0.0906. The molecule has 24 heavy (non-hydrogen) atoms. The van der Waals surface area contributed by atoms with Crippen LogP contribution < -0.4 is 14.8 Å². The normalized spacial score (nSPS) is 15.0. The number of rotatable bonds is 7. The minimum absolute atomic E-state index is 0.0901. The van der Waals surface area contributed by atoms with E-state index in [-0.39, 0.29) is 6.03 Å². The number of anilines is 1. The molecule has 6 heteroatoms. The monoisotopic (exact) mass is 334 g/mol. The van der Waals surface area contributed by atoms with E-state index < -0.39 is 0 Å². The smallest absolute Gasteiger partial charge is 0.321 e. The molecule has 0 aromatic heterocycles. The van der Waals surface area contributed by atoms with Crippen molar-refractivity contribution in [2.24, 2.45) is 5.92 Å². The summed E-state index contributed by atoms with van der Waals surface area (Å²) in [6.07, 6.45) is 3.67. The van der Waals surface area contributed by atoms with Gasteiger partial charge in [0.1, 0.15) is 0 Å². The molecule has 0 aliphatic carbocycles. The van der Waals surface area contributed by atoms with Crippen molar-refractivity contribution in [2.45, 2.75) is 12.8 Å². The van der Waals surface area contributed by atoms with E-state index in [0.717, 1.165) is 32.5 Å². The van der Waals surface area contributed by atoms with Gasteiger partial charge in [-0.05, 0) is 30.9 Å². The zero-order valence-electron chi connectivity index (χ0n) is 14.4. The summed E-state index contributed by atoms with van der Waals surface area (Å²) in [5.74, 6) is 1.74. The molecule has 2 rings (SSSR count). The Hall–Kier alpha value is -2.21. The first-order valence-electron chi connectivity index (χ1n) is 8.14. The van der Waals surface area contributed by atoms with Crippen LogP contribution in [0.15, 0.2) is 30.9 Å². The molecule has 132 valence electrons. The summed E-state index contributed by atoms with van der Waals surface area (Å²) in [4.78, 5) is 14.2. The number of nitrogens with one attached hydrogen (secondary N) is 1. The number of benzene rings is 1. The van der Waals surface area contributed by atoms with Crippen LogP contribution in [0.5, 0.6) is 11.5 Å². The van der Waals surface area contributed by atoms with Crippen LogP contribution in [0.4, 0.5) is 10.5 Å². The summed E-state index contributed by atoms with van der Waals surface area (Å²) >= 11 is 0. The van der Waals surface area contributed by atoms with E-state index in [1.807, 2.05) is 4.90 Å².